The second kappa shape index (κ2) is 9.29. The fourth-order valence-corrected chi connectivity index (χ4v) is 2.80. The van der Waals surface area contributed by atoms with Gasteiger partial charge < -0.3 is 10.6 Å². The molecule has 0 saturated carbocycles. The van der Waals surface area contributed by atoms with Crippen LogP contribution >= 0.6 is 24.0 Å². The second-order valence-corrected chi connectivity index (χ2v) is 5.91. The Hall–Kier alpha value is -0.770. The van der Waals surface area contributed by atoms with Crippen LogP contribution in [-0.4, -0.2) is 19.0 Å². The average molecular weight is 331 g/mol. The van der Waals surface area contributed by atoms with E-state index in [4.69, 9.17) is 11.6 Å². The highest BCUT2D eigenvalue weighted by Crippen LogP contribution is 2.20. The molecule has 0 radical (unpaired) electrons. The van der Waals surface area contributed by atoms with Crippen molar-refractivity contribution in [1.29, 1.82) is 0 Å². The van der Waals surface area contributed by atoms with E-state index in [9.17, 15) is 4.79 Å². The number of amides is 1. The molecule has 2 atom stereocenters. The Labute approximate surface area is 138 Å². The van der Waals surface area contributed by atoms with Crippen LogP contribution in [0.2, 0.25) is 5.02 Å². The van der Waals surface area contributed by atoms with Crippen LogP contribution in [0.3, 0.4) is 0 Å². The van der Waals surface area contributed by atoms with Crippen molar-refractivity contribution in [3.05, 3.63) is 34.9 Å². The average Bonchev–Trinajstić information content (AvgIpc) is 2.97. The third kappa shape index (κ3) is 5.85. The molecule has 3 nitrogen and oxygen atoms in total. The van der Waals surface area contributed by atoms with Crippen LogP contribution in [0, 0.1) is 5.92 Å². The standard InChI is InChI=1S/C16H23ClN2O.ClH/c1-2-15(13-4-6-14(17)7-5-13)19-16(20)8-3-12-9-10-18-11-12;/h4-7,12,15,18H,2-3,8-11H2,1H3,(H,19,20);1H. The summed E-state index contributed by atoms with van der Waals surface area (Å²) in [5.41, 5.74) is 1.12. The molecule has 2 rings (SSSR count). The smallest absolute Gasteiger partial charge is 0.220 e. The zero-order chi connectivity index (χ0) is 14.4. The van der Waals surface area contributed by atoms with Gasteiger partial charge in [-0.1, -0.05) is 30.7 Å². The molecule has 1 aromatic rings. The number of carbonyl (C=O) groups excluding carboxylic acids is 1. The van der Waals surface area contributed by atoms with E-state index in [-0.39, 0.29) is 24.4 Å². The number of benzene rings is 1. The summed E-state index contributed by atoms with van der Waals surface area (Å²) in [5.74, 6) is 0.815. The van der Waals surface area contributed by atoms with E-state index in [0.717, 1.165) is 36.5 Å². The number of nitrogens with one attached hydrogen (secondary N) is 2. The van der Waals surface area contributed by atoms with Gasteiger partial charge in [0.05, 0.1) is 6.04 Å². The van der Waals surface area contributed by atoms with Crippen LogP contribution < -0.4 is 10.6 Å². The first kappa shape index (κ1) is 18.3. The molecule has 21 heavy (non-hydrogen) atoms. The first-order chi connectivity index (χ1) is 9.69. The molecule has 0 aromatic heterocycles. The first-order valence-corrected chi connectivity index (χ1v) is 7.82. The SMILES string of the molecule is CCC(NC(=O)CCC1CCNC1)c1ccc(Cl)cc1.Cl. The normalized spacial score (nSPS) is 18.9. The number of carbonyl (C=O) groups is 1. The third-order valence-electron chi connectivity index (χ3n) is 3.96. The Morgan fingerprint density at radius 3 is 2.71 bits per heavy atom. The van der Waals surface area contributed by atoms with Crippen LogP contribution in [-0.2, 0) is 4.79 Å². The molecular weight excluding hydrogens is 307 g/mol. The molecular formula is C16H24Cl2N2O. The number of hydrogen-bond acceptors (Lipinski definition) is 2. The van der Waals surface area contributed by atoms with Gasteiger partial charge in [-0.15, -0.1) is 12.4 Å². The highest BCUT2D eigenvalue weighted by molar-refractivity contribution is 6.30. The van der Waals surface area contributed by atoms with Crippen molar-refractivity contribution in [3.8, 4) is 0 Å². The molecule has 2 N–H and O–H groups in total. The Balaban J connectivity index is 0.00000220. The molecule has 1 saturated heterocycles. The number of halogens is 2. The fraction of sp³-hybridized carbons (Fsp3) is 0.562. The van der Waals surface area contributed by atoms with Crippen molar-refractivity contribution < 1.29 is 4.79 Å². The summed E-state index contributed by atoms with van der Waals surface area (Å²) in [6, 6.07) is 7.79. The summed E-state index contributed by atoms with van der Waals surface area (Å²) in [7, 11) is 0. The molecule has 1 aromatic carbocycles. The van der Waals surface area contributed by atoms with Crippen LogP contribution in [0.4, 0.5) is 0 Å². The molecule has 0 spiro atoms. The van der Waals surface area contributed by atoms with Gasteiger partial charge in [-0.2, -0.15) is 0 Å². The molecule has 5 heteroatoms. The quantitative estimate of drug-likeness (QED) is 0.834. The molecule has 1 amide bonds. The molecule has 1 aliphatic rings. The van der Waals surface area contributed by atoms with Crippen LogP contribution in [0.1, 0.15) is 44.2 Å². The minimum absolute atomic E-state index is 0. The number of hydrogen-bond donors (Lipinski definition) is 2. The fourth-order valence-electron chi connectivity index (χ4n) is 2.68. The van der Waals surface area contributed by atoms with Gasteiger partial charge >= 0.3 is 0 Å². The highest BCUT2D eigenvalue weighted by atomic mass is 35.5. The van der Waals surface area contributed by atoms with Crippen LogP contribution in [0.25, 0.3) is 0 Å². The second-order valence-electron chi connectivity index (χ2n) is 5.48. The van der Waals surface area contributed by atoms with Crippen molar-refractivity contribution in [1.82, 2.24) is 10.6 Å². The molecule has 1 fully saturated rings. The predicted molar refractivity (Wildman–Crippen MR) is 90.1 cm³/mol. The van der Waals surface area contributed by atoms with Gasteiger partial charge in [0.15, 0.2) is 0 Å². The zero-order valence-corrected chi connectivity index (χ0v) is 14.0. The van der Waals surface area contributed by atoms with E-state index < -0.39 is 0 Å². The van der Waals surface area contributed by atoms with Crippen molar-refractivity contribution in [2.75, 3.05) is 13.1 Å². The van der Waals surface area contributed by atoms with Crippen LogP contribution in [0.15, 0.2) is 24.3 Å². The van der Waals surface area contributed by atoms with E-state index in [2.05, 4.69) is 17.6 Å². The maximum Gasteiger partial charge on any atom is 0.220 e. The van der Waals surface area contributed by atoms with Gasteiger partial charge in [-0.3, -0.25) is 4.79 Å². The maximum atomic E-state index is 12.1. The lowest BCUT2D eigenvalue weighted by molar-refractivity contribution is -0.122. The lowest BCUT2D eigenvalue weighted by Gasteiger charge is -2.18. The first-order valence-electron chi connectivity index (χ1n) is 7.44. The Bertz CT molecular complexity index is 430. The topological polar surface area (TPSA) is 41.1 Å². The molecule has 1 aliphatic heterocycles. The summed E-state index contributed by atoms with van der Waals surface area (Å²) in [5, 5.41) is 7.18. The van der Waals surface area contributed by atoms with Gasteiger partial charge in [-0.05, 0) is 56.0 Å². The molecule has 0 bridgehead atoms. The largest absolute Gasteiger partial charge is 0.349 e. The summed E-state index contributed by atoms with van der Waals surface area (Å²) in [6.07, 6.45) is 3.69. The number of rotatable bonds is 6. The van der Waals surface area contributed by atoms with Gasteiger partial charge in [0.2, 0.25) is 5.91 Å². The highest BCUT2D eigenvalue weighted by Gasteiger charge is 2.17. The Kier molecular flexibility index (Phi) is 8.09. The minimum atomic E-state index is 0. The zero-order valence-electron chi connectivity index (χ0n) is 12.4. The van der Waals surface area contributed by atoms with Gasteiger partial charge in [0, 0.05) is 11.4 Å². The summed E-state index contributed by atoms with van der Waals surface area (Å²) in [4.78, 5) is 12.1. The van der Waals surface area contributed by atoms with E-state index in [0.29, 0.717) is 12.3 Å². The van der Waals surface area contributed by atoms with Gasteiger partial charge in [-0.25, -0.2) is 0 Å². The molecule has 0 aliphatic carbocycles. The van der Waals surface area contributed by atoms with E-state index >= 15 is 0 Å². The lowest BCUT2D eigenvalue weighted by atomic mass is 10.0. The van der Waals surface area contributed by atoms with Crippen molar-refractivity contribution in [3.63, 3.8) is 0 Å². The van der Waals surface area contributed by atoms with Gasteiger partial charge in [0.25, 0.3) is 0 Å². The Morgan fingerprint density at radius 1 is 1.43 bits per heavy atom. The van der Waals surface area contributed by atoms with Gasteiger partial charge in [0.1, 0.15) is 0 Å². The van der Waals surface area contributed by atoms with E-state index in [1.165, 1.54) is 6.42 Å². The Morgan fingerprint density at radius 2 is 2.14 bits per heavy atom. The molecule has 1 heterocycles. The molecule has 2 unspecified atom stereocenters. The summed E-state index contributed by atoms with van der Waals surface area (Å²) >= 11 is 5.89. The summed E-state index contributed by atoms with van der Waals surface area (Å²) in [6.45, 7) is 4.23. The maximum absolute atomic E-state index is 12.1. The molecule has 118 valence electrons. The lowest BCUT2D eigenvalue weighted by Crippen LogP contribution is -2.28. The van der Waals surface area contributed by atoms with Crippen molar-refractivity contribution in [2.24, 2.45) is 5.92 Å². The van der Waals surface area contributed by atoms with Crippen molar-refractivity contribution in [2.45, 2.75) is 38.6 Å². The minimum Gasteiger partial charge on any atom is -0.349 e. The predicted octanol–water partition coefficient (Wildman–Crippen LogP) is 3.72. The monoisotopic (exact) mass is 330 g/mol. The summed E-state index contributed by atoms with van der Waals surface area (Å²) < 4.78 is 0. The van der Waals surface area contributed by atoms with E-state index in [1.807, 2.05) is 24.3 Å². The van der Waals surface area contributed by atoms with Crippen molar-refractivity contribution >= 4 is 29.9 Å². The van der Waals surface area contributed by atoms with E-state index in [1.54, 1.807) is 0 Å². The van der Waals surface area contributed by atoms with Crippen LogP contribution in [0.5, 0.6) is 0 Å². The third-order valence-corrected chi connectivity index (χ3v) is 4.21.